The van der Waals surface area contributed by atoms with Crippen molar-refractivity contribution < 1.29 is 23.5 Å². The predicted octanol–water partition coefficient (Wildman–Crippen LogP) is -1.75. The van der Waals surface area contributed by atoms with Crippen molar-refractivity contribution in [2.45, 2.75) is 12.2 Å². The van der Waals surface area contributed by atoms with Gasteiger partial charge in [-0.25, -0.2) is 9.36 Å². The summed E-state index contributed by atoms with van der Waals surface area (Å²) in [7, 11) is 0. The molecular formula is C14H10FN3O6. The molecule has 3 aliphatic rings. The minimum Gasteiger partial charge on any atom is -0.365 e. The summed E-state index contributed by atoms with van der Waals surface area (Å²) in [6.07, 6.45) is 2.84. The highest BCUT2D eigenvalue weighted by atomic mass is 19.1. The van der Waals surface area contributed by atoms with Crippen molar-refractivity contribution in [2.24, 2.45) is 11.8 Å². The minimum atomic E-state index is -1.32. The molecule has 2 fully saturated rings. The number of likely N-dealkylation sites (tertiary alicyclic amines) is 1. The third kappa shape index (κ3) is 1.86. The summed E-state index contributed by atoms with van der Waals surface area (Å²) in [6, 6.07) is 0. The summed E-state index contributed by atoms with van der Waals surface area (Å²) in [5, 5.41) is 0. The van der Waals surface area contributed by atoms with Crippen molar-refractivity contribution in [3.05, 3.63) is 45.0 Å². The maximum absolute atomic E-state index is 13.3. The van der Waals surface area contributed by atoms with Crippen LogP contribution >= 0.6 is 0 Å². The number of aromatic amines is 1. The van der Waals surface area contributed by atoms with Gasteiger partial charge in [-0.15, -0.1) is 0 Å². The van der Waals surface area contributed by atoms with E-state index in [1.807, 2.05) is 0 Å². The number of hydrogen-bond acceptors (Lipinski definition) is 6. The van der Waals surface area contributed by atoms with Gasteiger partial charge in [0.15, 0.2) is 0 Å². The topological polar surface area (TPSA) is 119 Å². The fourth-order valence-corrected chi connectivity index (χ4v) is 3.37. The molecule has 3 aliphatic heterocycles. The highest BCUT2D eigenvalue weighted by Crippen LogP contribution is 2.44. The van der Waals surface area contributed by atoms with Gasteiger partial charge in [0.2, 0.25) is 17.6 Å². The molecule has 0 spiro atoms. The van der Waals surface area contributed by atoms with Crippen LogP contribution in [0.25, 0.3) is 0 Å². The van der Waals surface area contributed by atoms with Crippen LogP contribution in [0.4, 0.5) is 4.39 Å². The summed E-state index contributed by atoms with van der Waals surface area (Å²) in [4.78, 5) is 61.9. The molecular weight excluding hydrogens is 325 g/mol. The molecule has 24 heavy (non-hydrogen) atoms. The molecule has 9 nitrogen and oxygen atoms in total. The van der Waals surface area contributed by atoms with Crippen LogP contribution < -0.4 is 11.2 Å². The summed E-state index contributed by atoms with van der Waals surface area (Å²) >= 11 is 0. The van der Waals surface area contributed by atoms with Crippen molar-refractivity contribution in [1.82, 2.24) is 14.5 Å². The largest absolute Gasteiger partial charge is 0.365 e. The van der Waals surface area contributed by atoms with Crippen LogP contribution in [0.2, 0.25) is 0 Å². The molecule has 2 amide bonds. The van der Waals surface area contributed by atoms with Crippen molar-refractivity contribution in [3.8, 4) is 0 Å². The number of fused-ring (bicyclic) bond motifs is 5. The van der Waals surface area contributed by atoms with Gasteiger partial charge in [-0.2, -0.15) is 4.39 Å². The van der Waals surface area contributed by atoms with Gasteiger partial charge in [0, 0.05) is 0 Å². The number of aromatic nitrogens is 2. The van der Waals surface area contributed by atoms with E-state index in [9.17, 15) is 28.4 Å². The molecule has 2 bridgehead atoms. The SMILES string of the molecule is O=C1C2C3C=CC(O3)C2C(=O)N1CC(=O)n1cc(F)c(=O)[nH]c1=O. The first-order valence-corrected chi connectivity index (χ1v) is 7.12. The van der Waals surface area contributed by atoms with Crippen LogP contribution in [0, 0.1) is 17.7 Å². The summed E-state index contributed by atoms with van der Waals surface area (Å²) < 4.78 is 19.0. The second-order valence-electron chi connectivity index (χ2n) is 5.76. The van der Waals surface area contributed by atoms with Crippen LogP contribution in [0.5, 0.6) is 0 Å². The van der Waals surface area contributed by atoms with Gasteiger partial charge in [-0.05, 0) is 0 Å². The van der Waals surface area contributed by atoms with Crippen molar-refractivity contribution in [2.75, 3.05) is 6.54 Å². The highest BCUT2D eigenvalue weighted by Gasteiger charge is 2.60. The van der Waals surface area contributed by atoms with Crippen molar-refractivity contribution >= 4 is 17.7 Å². The Kier molecular flexibility index (Phi) is 2.94. The maximum atomic E-state index is 13.3. The van der Waals surface area contributed by atoms with Gasteiger partial charge >= 0.3 is 5.69 Å². The Balaban J connectivity index is 1.61. The zero-order chi connectivity index (χ0) is 17.2. The number of ether oxygens (including phenoxy) is 1. The molecule has 10 heteroatoms. The van der Waals surface area contributed by atoms with Gasteiger partial charge in [0.25, 0.3) is 11.5 Å². The maximum Gasteiger partial charge on any atom is 0.335 e. The first-order chi connectivity index (χ1) is 11.4. The van der Waals surface area contributed by atoms with Gasteiger partial charge in [0.05, 0.1) is 30.2 Å². The Morgan fingerprint density at radius 3 is 2.29 bits per heavy atom. The van der Waals surface area contributed by atoms with Crippen LogP contribution in [0.3, 0.4) is 0 Å². The zero-order valence-electron chi connectivity index (χ0n) is 12.0. The van der Waals surface area contributed by atoms with Crippen LogP contribution in [-0.4, -0.2) is 50.9 Å². The Labute approximate surface area is 132 Å². The number of nitrogens with zero attached hydrogens (tertiary/aromatic N) is 2. The third-order valence-electron chi connectivity index (χ3n) is 4.46. The van der Waals surface area contributed by atoms with Crippen LogP contribution in [0.1, 0.15) is 4.79 Å². The predicted molar refractivity (Wildman–Crippen MR) is 73.4 cm³/mol. The number of H-pyrrole nitrogens is 1. The van der Waals surface area contributed by atoms with E-state index >= 15 is 0 Å². The molecule has 4 rings (SSSR count). The van der Waals surface area contributed by atoms with E-state index in [-0.39, 0.29) is 0 Å². The number of carbonyl (C=O) groups is 3. The molecule has 4 atom stereocenters. The smallest absolute Gasteiger partial charge is 0.335 e. The number of halogens is 1. The van der Waals surface area contributed by atoms with Crippen molar-refractivity contribution in [3.63, 3.8) is 0 Å². The lowest BCUT2D eigenvalue weighted by molar-refractivity contribution is -0.141. The third-order valence-corrected chi connectivity index (χ3v) is 4.46. The monoisotopic (exact) mass is 335 g/mol. The van der Waals surface area contributed by atoms with Crippen LogP contribution in [0.15, 0.2) is 27.9 Å². The number of rotatable bonds is 2. The average Bonchev–Trinajstić information content (AvgIpc) is 3.20. The second kappa shape index (κ2) is 4.81. The number of nitrogens with one attached hydrogen (secondary N) is 1. The fraction of sp³-hybridized carbons (Fsp3) is 0.357. The quantitative estimate of drug-likeness (QED) is 0.506. The number of imide groups is 1. The first kappa shape index (κ1) is 14.7. The van der Waals surface area contributed by atoms with E-state index in [4.69, 9.17) is 4.74 Å². The normalized spacial score (nSPS) is 30.3. The van der Waals surface area contributed by atoms with Crippen molar-refractivity contribution in [1.29, 1.82) is 0 Å². The number of carbonyl (C=O) groups excluding carboxylic acids is 3. The summed E-state index contributed by atoms with van der Waals surface area (Å²) in [6.45, 7) is -0.713. The Bertz CT molecular complexity index is 901. The van der Waals surface area contributed by atoms with E-state index in [1.165, 1.54) is 0 Å². The molecule has 4 unspecified atom stereocenters. The molecule has 0 saturated carbocycles. The fourth-order valence-electron chi connectivity index (χ4n) is 3.37. The Hall–Kier alpha value is -2.88. The standard InChI is InChI=1S/C14H10FN3O6/c15-5-3-17(14(23)16-11(5)20)8(19)4-18-12(21)9-6-1-2-7(24-6)10(9)13(18)22/h1-3,6-7,9-10H,4H2,(H,16,20,23). The molecule has 0 aliphatic carbocycles. The van der Waals surface area contributed by atoms with Crippen LogP contribution in [-0.2, 0) is 14.3 Å². The summed E-state index contributed by atoms with van der Waals surface area (Å²) in [5.41, 5.74) is -2.40. The highest BCUT2D eigenvalue weighted by molar-refractivity contribution is 6.08. The Morgan fingerprint density at radius 2 is 1.71 bits per heavy atom. The molecule has 1 aromatic rings. The first-order valence-electron chi connectivity index (χ1n) is 7.12. The van der Waals surface area contributed by atoms with Gasteiger partial charge in [-0.1, -0.05) is 12.2 Å². The zero-order valence-corrected chi connectivity index (χ0v) is 12.0. The number of hydrogen-bond donors (Lipinski definition) is 1. The minimum absolute atomic E-state index is 0.328. The van der Waals surface area contributed by atoms with E-state index in [1.54, 1.807) is 17.1 Å². The molecule has 0 radical (unpaired) electrons. The lowest BCUT2D eigenvalue weighted by Crippen LogP contribution is -2.43. The van der Waals surface area contributed by atoms with Gasteiger partial charge in [0.1, 0.15) is 6.54 Å². The van der Waals surface area contributed by atoms with E-state index in [0.29, 0.717) is 10.8 Å². The van der Waals surface area contributed by atoms with E-state index in [2.05, 4.69) is 0 Å². The lowest BCUT2D eigenvalue weighted by Gasteiger charge is -2.16. The molecule has 1 aromatic heterocycles. The second-order valence-corrected chi connectivity index (χ2v) is 5.76. The summed E-state index contributed by atoms with van der Waals surface area (Å²) in [5.74, 6) is -4.80. The van der Waals surface area contributed by atoms with Gasteiger partial charge < -0.3 is 4.74 Å². The molecule has 2 saturated heterocycles. The molecule has 1 N–H and O–H groups in total. The number of amides is 2. The molecule has 4 heterocycles. The lowest BCUT2D eigenvalue weighted by atomic mass is 9.85. The molecule has 0 aromatic carbocycles. The average molecular weight is 335 g/mol. The van der Waals surface area contributed by atoms with Gasteiger partial charge in [-0.3, -0.25) is 29.1 Å². The van der Waals surface area contributed by atoms with E-state index in [0.717, 1.165) is 4.90 Å². The Morgan fingerprint density at radius 1 is 1.12 bits per heavy atom. The molecule has 124 valence electrons. The van der Waals surface area contributed by atoms with E-state index < -0.39 is 65.4 Å².